The molecule has 2 saturated carbocycles. The standard InChI is InChI=1S/C23H28Cl2N3O/c1-4-11-28(3,17-8-9-17)13-19-21(15-5-6-15)26-27-22(14(2)29-23(19)27)18-10-7-16(24)12-20(18)25/h7,10,12,15,17H,4-6,8-9,11,13H2,1-3H3/q+1. The molecule has 154 valence electrons. The third-order valence-corrected chi connectivity index (χ3v) is 7.14. The van der Waals surface area contributed by atoms with Gasteiger partial charge >= 0.3 is 0 Å². The molecule has 0 bridgehead atoms. The summed E-state index contributed by atoms with van der Waals surface area (Å²) < 4.78 is 9.44. The van der Waals surface area contributed by atoms with E-state index in [4.69, 9.17) is 32.7 Å². The third kappa shape index (κ3) is 3.39. The topological polar surface area (TPSA) is 30.4 Å². The van der Waals surface area contributed by atoms with Crippen LogP contribution < -0.4 is 0 Å². The number of oxazole rings is 1. The molecule has 1 aromatic carbocycles. The number of nitrogens with zero attached hydrogens (tertiary/aromatic N) is 3. The summed E-state index contributed by atoms with van der Waals surface area (Å²) >= 11 is 12.7. The van der Waals surface area contributed by atoms with Gasteiger partial charge in [0, 0.05) is 29.3 Å². The Balaban J connectivity index is 1.65. The van der Waals surface area contributed by atoms with Gasteiger partial charge in [0.2, 0.25) is 5.71 Å². The predicted octanol–water partition coefficient (Wildman–Crippen LogP) is 6.61. The molecule has 0 saturated heterocycles. The molecule has 1 atom stereocenters. The first kappa shape index (κ1) is 19.5. The second-order valence-electron chi connectivity index (χ2n) is 9.08. The Morgan fingerprint density at radius 3 is 2.59 bits per heavy atom. The fourth-order valence-corrected chi connectivity index (χ4v) is 5.33. The summed E-state index contributed by atoms with van der Waals surface area (Å²) in [5, 5.41) is 6.34. The number of quaternary nitrogens is 1. The van der Waals surface area contributed by atoms with Crippen molar-refractivity contribution >= 4 is 28.9 Å². The molecule has 2 fully saturated rings. The smallest absolute Gasteiger partial charge is 0.231 e. The molecular weight excluding hydrogens is 405 g/mol. The Bertz CT molecular complexity index is 1080. The first-order valence-electron chi connectivity index (χ1n) is 10.7. The number of fused-ring (bicyclic) bond motifs is 1. The number of aryl methyl sites for hydroxylation is 1. The minimum Gasteiger partial charge on any atom is -0.441 e. The first-order chi connectivity index (χ1) is 13.9. The molecule has 0 radical (unpaired) electrons. The average Bonchev–Trinajstić information content (AvgIpc) is 3.57. The van der Waals surface area contributed by atoms with E-state index >= 15 is 0 Å². The summed E-state index contributed by atoms with van der Waals surface area (Å²) in [6, 6.07) is 6.39. The van der Waals surface area contributed by atoms with Crippen LogP contribution in [0.2, 0.25) is 10.0 Å². The lowest BCUT2D eigenvalue weighted by molar-refractivity contribution is -0.933. The molecule has 0 amide bonds. The van der Waals surface area contributed by atoms with Crippen LogP contribution in [-0.4, -0.2) is 33.7 Å². The first-order valence-corrected chi connectivity index (χ1v) is 11.5. The van der Waals surface area contributed by atoms with Crippen LogP contribution in [0, 0.1) is 6.92 Å². The molecule has 2 aromatic heterocycles. The Labute approximate surface area is 182 Å². The zero-order valence-electron chi connectivity index (χ0n) is 17.3. The summed E-state index contributed by atoms with van der Waals surface area (Å²) in [5.41, 5.74) is 5.28. The molecule has 2 aliphatic carbocycles. The monoisotopic (exact) mass is 432 g/mol. The molecule has 0 aliphatic heterocycles. The number of aromatic nitrogens is 2. The minimum absolute atomic E-state index is 0.572. The normalized spacial score (nSPS) is 19.1. The van der Waals surface area contributed by atoms with E-state index in [1.807, 2.05) is 23.6 Å². The van der Waals surface area contributed by atoms with Gasteiger partial charge in [0.05, 0.1) is 35.9 Å². The maximum absolute atomic E-state index is 6.54. The quantitative estimate of drug-likeness (QED) is 0.393. The van der Waals surface area contributed by atoms with Crippen molar-refractivity contribution in [3.8, 4) is 11.3 Å². The van der Waals surface area contributed by atoms with Gasteiger partial charge in [-0.15, -0.1) is 0 Å². The van der Waals surface area contributed by atoms with E-state index in [1.54, 1.807) is 6.07 Å². The van der Waals surface area contributed by atoms with E-state index in [0.29, 0.717) is 16.0 Å². The zero-order valence-corrected chi connectivity index (χ0v) is 18.9. The van der Waals surface area contributed by atoms with E-state index < -0.39 is 0 Å². The Hall–Kier alpha value is -1.49. The molecule has 29 heavy (non-hydrogen) atoms. The van der Waals surface area contributed by atoms with Gasteiger partial charge in [0.15, 0.2) is 0 Å². The van der Waals surface area contributed by atoms with Gasteiger partial charge in [-0.1, -0.05) is 30.1 Å². The molecule has 1 unspecified atom stereocenters. The summed E-state index contributed by atoms with van der Waals surface area (Å²) in [6.07, 6.45) is 6.32. The van der Waals surface area contributed by atoms with Crippen molar-refractivity contribution in [3.05, 3.63) is 45.3 Å². The van der Waals surface area contributed by atoms with Crippen molar-refractivity contribution in [1.29, 1.82) is 0 Å². The van der Waals surface area contributed by atoms with Crippen LogP contribution in [0.3, 0.4) is 0 Å². The molecule has 4 nitrogen and oxygen atoms in total. The number of hydrogen-bond acceptors (Lipinski definition) is 2. The molecule has 0 N–H and O–H groups in total. The minimum atomic E-state index is 0.572. The van der Waals surface area contributed by atoms with Crippen LogP contribution in [0.15, 0.2) is 22.6 Å². The summed E-state index contributed by atoms with van der Waals surface area (Å²) in [4.78, 5) is 0. The molecule has 3 aromatic rings. The second-order valence-corrected chi connectivity index (χ2v) is 9.92. The van der Waals surface area contributed by atoms with Gasteiger partial charge in [-0.3, -0.25) is 0 Å². The highest BCUT2D eigenvalue weighted by Crippen LogP contribution is 2.45. The fourth-order valence-electron chi connectivity index (χ4n) is 4.83. The van der Waals surface area contributed by atoms with E-state index in [2.05, 4.69) is 14.0 Å². The van der Waals surface area contributed by atoms with Crippen molar-refractivity contribution in [1.82, 2.24) is 9.61 Å². The van der Waals surface area contributed by atoms with E-state index in [9.17, 15) is 0 Å². The summed E-state index contributed by atoms with van der Waals surface area (Å²) in [6.45, 7) is 6.47. The van der Waals surface area contributed by atoms with Crippen molar-refractivity contribution < 1.29 is 8.90 Å². The molecule has 6 heteroatoms. The number of benzene rings is 1. The number of halogens is 2. The highest BCUT2D eigenvalue weighted by Gasteiger charge is 2.43. The van der Waals surface area contributed by atoms with Gasteiger partial charge < -0.3 is 8.90 Å². The number of hydrogen-bond donors (Lipinski definition) is 0. The van der Waals surface area contributed by atoms with Crippen LogP contribution in [-0.2, 0) is 6.54 Å². The highest BCUT2D eigenvalue weighted by molar-refractivity contribution is 6.36. The van der Waals surface area contributed by atoms with Crippen molar-refractivity contribution in [2.75, 3.05) is 13.6 Å². The van der Waals surface area contributed by atoms with Crippen molar-refractivity contribution in [3.63, 3.8) is 0 Å². The Morgan fingerprint density at radius 2 is 1.97 bits per heavy atom. The molecule has 0 spiro atoms. The molecule has 2 heterocycles. The third-order valence-electron chi connectivity index (χ3n) is 6.59. The predicted molar refractivity (Wildman–Crippen MR) is 118 cm³/mol. The second kappa shape index (κ2) is 7.04. The van der Waals surface area contributed by atoms with Crippen LogP contribution in [0.25, 0.3) is 17.0 Å². The van der Waals surface area contributed by atoms with Gasteiger partial charge in [0.1, 0.15) is 18.0 Å². The van der Waals surface area contributed by atoms with E-state index in [-0.39, 0.29) is 0 Å². The lowest BCUT2D eigenvalue weighted by Gasteiger charge is -2.34. The Morgan fingerprint density at radius 1 is 1.21 bits per heavy atom. The van der Waals surface area contributed by atoms with E-state index in [0.717, 1.165) is 39.8 Å². The van der Waals surface area contributed by atoms with Gasteiger partial charge in [-0.2, -0.15) is 9.61 Å². The van der Waals surface area contributed by atoms with Crippen LogP contribution in [0.1, 0.15) is 62.0 Å². The van der Waals surface area contributed by atoms with Gasteiger partial charge in [0.25, 0.3) is 0 Å². The Kier molecular flexibility index (Phi) is 4.73. The van der Waals surface area contributed by atoms with E-state index in [1.165, 1.54) is 49.9 Å². The maximum atomic E-state index is 6.54. The molecular formula is C23H28Cl2N3O+. The lowest BCUT2D eigenvalue weighted by atomic mass is 10.1. The van der Waals surface area contributed by atoms with Gasteiger partial charge in [-0.05, 0) is 44.4 Å². The summed E-state index contributed by atoms with van der Waals surface area (Å²) in [7, 11) is 2.41. The summed E-state index contributed by atoms with van der Waals surface area (Å²) in [5.74, 6) is 1.42. The molecule has 5 rings (SSSR count). The van der Waals surface area contributed by atoms with Crippen LogP contribution in [0.5, 0.6) is 0 Å². The largest absolute Gasteiger partial charge is 0.441 e. The maximum Gasteiger partial charge on any atom is 0.231 e. The number of rotatable bonds is 7. The van der Waals surface area contributed by atoms with Crippen molar-refractivity contribution in [2.45, 2.75) is 64.5 Å². The van der Waals surface area contributed by atoms with Crippen LogP contribution in [0.4, 0.5) is 0 Å². The zero-order chi connectivity index (χ0) is 20.3. The molecule has 2 aliphatic rings. The van der Waals surface area contributed by atoms with Gasteiger partial charge in [-0.25, -0.2) is 0 Å². The average molecular weight is 433 g/mol. The fraction of sp³-hybridized carbons (Fsp3) is 0.522. The highest BCUT2D eigenvalue weighted by atomic mass is 35.5. The lowest BCUT2D eigenvalue weighted by Crippen LogP contribution is -2.46. The SMILES string of the molecule is CCC[N+](C)(Cc1c(C2CC2)nn2c(-c3ccc(Cl)cc3Cl)c(C)oc12)C1CC1. The van der Waals surface area contributed by atoms with Crippen molar-refractivity contribution in [2.24, 2.45) is 0 Å². The van der Waals surface area contributed by atoms with Crippen LogP contribution >= 0.6 is 23.2 Å².